The fourth-order valence-electron chi connectivity index (χ4n) is 1.54. The van der Waals surface area contributed by atoms with E-state index in [4.69, 9.17) is 11.6 Å². The molecule has 0 atom stereocenters. The molecule has 0 bridgehead atoms. The second-order valence-corrected chi connectivity index (χ2v) is 4.14. The van der Waals surface area contributed by atoms with Gasteiger partial charge in [-0.3, -0.25) is 0 Å². The molecule has 3 nitrogen and oxygen atoms in total. The number of hydrogen-bond donors (Lipinski definition) is 1. The van der Waals surface area contributed by atoms with E-state index in [0.29, 0.717) is 23.8 Å². The van der Waals surface area contributed by atoms with Crippen molar-refractivity contribution in [3.05, 3.63) is 52.8 Å². The Labute approximate surface area is 104 Å². The average molecular weight is 254 g/mol. The number of nitrogens with zero attached hydrogens (tertiary/aromatic N) is 2. The summed E-state index contributed by atoms with van der Waals surface area (Å²) in [6.45, 7) is 1.02. The third kappa shape index (κ3) is 2.84. The lowest BCUT2D eigenvalue weighted by Crippen LogP contribution is -2.16. The van der Waals surface area contributed by atoms with Crippen molar-refractivity contribution in [3.63, 3.8) is 0 Å². The molecule has 0 aliphatic carbocycles. The zero-order valence-corrected chi connectivity index (χ0v) is 10.2. The van der Waals surface area contributed by atoms with Gasteiger partial charge in [-0.05, 0) is 6.07 Å². The maximum absolute atomic E-state index is 13.3. The Hall–Kier alpha value is -1.39. The molecular weight excluding hydrogens is 241 g/mol. The molecule has 0 radical (unpaired) electrons. The summed E-state index contributed by atoms with van der Waals surface area (Å²) in [6.07, 6.45) is 1.60. The largest absolute Gasteiger partial charge is 0.321 e. The summed E-state index contributed by atoms with van der Waals surface area (Å²) in [4.78, 5) is 4.14. The maximum Gasteiger partial charge on any atom is 0.128 e. The topological polar surface area (TPSA) is 29.9 Å². The van der Waals surface area contributed by atoms with Crippen molar-refractivity contribution in [3.8, 4) is 0 Å². The van der Waals surface area contributed by atoms with E-state index in [1.807, 2.05) is 13.1 Å². The highest BCUT2D eigenvalue weighted by atomic mass is 35.5. The number of hydrogen-bond acceptors (Lipinski definition) is 2. The van der Waals surface area contributed by atoms with Gasteiger partial charge < -0.3 is 9.88 Å². The maximum atomic E-state index is 13.3. The summed E-state index contributed by atoms with van der Waals surface area (Å²) < 4.78 is 15.1. The lowest BCUT2D eigenvalue weighted by molar-refractivity contribution is 0.578. The molecule has 0 saturated carbocycles. The third-order valence-corrected chi connectivity index (χ3v) is 2.94. The smallest absolute Gasteiger partial charge is 0.128 e. The predicted octanol–water partition coefficient (Wildman–Crippen LogP) is 2.50. The van der Waals surface area contributed by atoms with Crippen LogP contribution in [0.5, 0.6) is 0 Å². The summed E-state index contributed by atoms with van der Waals surface area (Å²) in [5.41, 5.74) is 0.646. The predicted molar refractivity (Wildman–Crippen MR) is 65.2 cm³/mol. The first-order valence-electron chi connectivity index (χ1n) is 5.28. The lowest BCUT2D eigenvalue weighted by atomic mass is 10.2. The fourth-order valence-corrected chi connectivity index (χ4v) is 1.69. The van der Waals surface area contributed by atoms with Crippen LogP contribution in [0.4, 0.5) is 4.39 Å². The Kier molecular flexibility index (Phi) is 3.76. The van der Waals surface area contributed by atoms with Gasteiger partial charge in [-0.1, -0.05) is 29.8 Å². The lowest BCUT2D eigenvalue weighted by Gasteiger charge is -2.06. The Morgan fingerprint density at radius 1 is 1.35 bits per heavy atom. The first-order valence-corrected chi connectivity index (χ1v) is 5.66. The molecule has 2 rings (SSSR count). The number of aromatic nitrogens is 2. The standard InChI is InChI=1S/C12H13ClFN3/c1-17-11(13)7-16-12(17)8-15-6-9-4-2-3-5-10(9)14/h2-5,7,15H,6,8H2,1H3. The van der Waals surface area contributed by atoms with Gasteiger partial charge in [0.1, 0.15) is 16.8 Å². The molecule has 0 aliphatic heterocycles. The molecule has 0 saturated heterocycles. The van der Waals surface area contributed by atoms with Crippen molar-refractivity contribution in [2.45, 2.75) is 13.1 Å². The number of rotatable bonds is 4. The van der Waals surface area contributed by atoms with Gasteiger partial charge >= 0.3 is 0 Å². The molecule has 0 amide bonds. The Morgan fingerprint density at radius 2 is 2.12 bits per heavy atom. The van der Waals surface area contributed by atoms with Gasteiger partial charge in [-0.25, -0.2) is 9.37 Å². The SMILES string of the molecule is Cn1c(Cl)cnc1CNCc1ccccc1F. The minimum atomic E-state index is -0.196. The average Bonchev–Trinajstić information content (AvgIpc) is 2.63. The fraction of sp³-hybridized carbons (Fsp3) is 0.250. The summed E-state index contributed by atoms with van der Waals surface area (Å²) in [7, 11) is 1.84. The second kappa shape index (κ2) is 5.29. The summed E-state index contributed by atoms with van der Waals surface area (Å²) >= 11 is 5.86. The van der Waals surface area contributed by atoms with Crippen LogP contribution in [0.3, 0.4) is 0 Å². The highest BCUT2D eigenvalue weighted by molar-refractivity contribution is 6.29. The van der Waals surface area contributed by atoms with Crippen LogP contribution in [-0.4, -0.2) is 9.55 Å². The van der Waals surface area contributed by atoms with Crippen LogP contribution in [0.1, 0.15) is 11.4 Å². The van der Waals surface area contributed by atoms with Crippen molar-refractivity contribution < 1.29 is 4.39 Å². The normalized spacial score (nSPS) is 10.8. The second-order valence-electron chi connectivity index (χ2n) is 3.75. The van der Waals surface area contributed by atoms with Crippen LogP contribution in [0, 0.1) is 5.82 Å². The highest BCUT2D eigenvalue weighted by Gasteiger charge is 2.04. The van der Waals surface area contributed by atoms with Crippen molar-refractivity contribution >= 4 is 11.6 Å². The molecule has 17 heavy (non-hydrogen) atoms. The van der Waals surface area contributed by atoms with E-state index < -0.39 is 0 Å². The summed E-state index contributed by atoms with van der Waals surface area (Å²) in [5.74, 6) is 0.629. The molecule has 1 N–H and O–H groups in total. The quantitative estimate of drug-likeness (QED) is 0.907. The molecule has 0 fully saturated rings. The van der Waals surface area contributed by atoms with E-state index in [1.165, 1.54) is 6.07 Å². The first-order chi connectivity index (χ1) is 8.18. The number of benzene rings is 1. The van der Waals surface area contributed by atoms with Gasteiger partial charge in [0.05, 0.1) is 12.7 Å². The summed E-state index contributed by atoms with van der Waals surface area (Å²) in [5, 5.41) is 3.72. The van der Waals surface area contributed by atoms with Gasteiger partial charge in [0, 0.05) is 19.2 Å². The third-order valence-electron chi connectivity index (χ3n) is 2.58. The summed E-state index contributed by atoms with van der Waals surface area (Å²) in [6, 6.07) is 6.71. The number of imidazole rings is 1. The number of halogens is 2. The van der Waals surface area contributed by atoms with E-state index in [1.54, 1.807) is 22.9 Å². The van der Waals surface area contributed by atoms with E-state index in [9.17, 15) is 4.39 Å². The van der Waals surface area contributed by atoms with Crippen molar-refractivity contribution in [2.24, 2.45) is 7.05 Å². The van der Waals surface area contributed by atoms with Crippen LogP contribution in [0.15, 0.2) is 30.5 Å². The molecule has 1 heterocycles. The van der Waals surface area contributed by atoms with E-state index in [0.717, 1.165) is 5.82 Å². The zero-order valence-electron chi connectivity index (χ0n) is 9.45. The van der Waals surface area contributed by atoms with Crippen molar-refractivity contribution in [2.75, 3.05) is 0 Å². The monoisotopic (exact) mass is 253 g/mol. The number of nitrogens with one attached hydrogen (secondary N) is 1. The van der Waals surface area contributed by atoms with Gasteiger partial charge in [-0.15, -0.1) is 0 Å². The zero-order chi connectivity index (χ0) is 12.3. The minimum Gasteiger partial charge on any atom is -0.321 e. The van der Waals surface area contributed by atoms with Gasteiger partial charge in [0.15, 0.2) is 0 Å². The van der Waals surface area contributed by atoms with Crippen molar-refractivity contribution in [1.29, 1.82) is 0 Å². The van der Waals surface area contributed by atoms with E-state index in [-0.39, 0.29) is 5.82 Å². The molecule has 0 spiro atoms. The molecule has 0 unspecified atom stereocenters. The minimum absolute atomic E-state index is 0.196. The van der Waals surface area contributed by atoms with Crippen LogP contribution in [0.25, 0.3) is 0 Å². The van der Waals surface area contributed by atoms with Crippen LogP contribution in [-0.2, 0) is 20.1 Å². The van der Waals surface area contributed by atoms with Crippen LogP contribution in [0.2, 0.25) is 5.15 Å². The molecular formula is C12H13ClFN3. The van der Waals surface area contributed by atoms with Crippen molar-refractivity contribution in [1.82, 2.24) is 14.9 Å². The van der Waals surface area contributed by atoms with Crippen LogP contribution < -0.4 is 5.32 Å². The molecule has 1 aromatic carbocycles. The molecule has 5 heteroatoms. The first kappa shape index (κ1) is 12.1. The Balaban J connectivity index is 1.92. The van der Waals surface area contributed by atoms with Gasteiger partial charge in [0.2, 0.25) is 0 Å². The Morgan fingerprint density at radius 3 is 2.76 bits per heavy atom. The van der Waals surface area contributed by atoms with Gasteiger partial charge in [0.25, 0.3) is 0 Å². The Bertz CT molecular complexity index is 510. The highest BCUT2D eigenvalue weighted by Crippen LogP contribution is 2.09. The van der Waals surface area contributed by atoms with Gasteiger partial charge in [-0.2, -0.15) is 0 Å². The van der Waals surface area contributed by atoms with E-state index in [2.05, 4.69) is 10.3 Å². The van der Waals surface area contributed by atoms with E-state index >= 15 is 0 Å². The molecule has 1 aromatic heterocycles. The molecule has 0 aliphatic rings. The molecule has 2 aromatic rings. The molecule has 90 valence electrons. The van der Waals surface area contributed by atoms with Crippen LogP contribution >= 0.6 is 11.6 Å².